The summed E-state index contributed by atoms with van der Waals surface area (Å²) in [6.07, 6.45) is -1.11. The zero-order valence-corrected chi connectivity index (χ0v) is 9.17. The number of alkyl halides is 1. The lowest BCUT2D eigenvalue weighted by atomic mass is 10.0. The molecule has 1 aliphatic rings. The van der Waals surface area contributed by atoms with Crippen LogP contribution in [0.2, 0.25) is 0 Å². The Kier molecular flexibility index (Phi) is 2.98. The molecule has 0 radical (unpaired) electrons. The van der Waals surface area contributed by atoms with Gasteiger partial charge in [0.2, 0.25) is 0 Å². The maximum Gasteiger partial charge on any atom is 0.140 e. The minimum atomic E-state index is -0.848. The van der Waals surface area contributed by atoms with Crippen LogP contribution >= 0.6 is 0 Å². The Labute approximate surface area is 80.1 Å². The van der Waals surface area contributed by atoms with E-state index in [9.17, 15) is 4.39 Å². The maximum absolute atomic E-state index is 13.5. The predicted octanol–water partition coefficient (Wildman–Crippen LogP) is 1.84. The SMILES string of the molecule is CO[C@H]1[C@H](F)CN(C(C)(C)C)[C@@H]1C. The summed E-state index contributed by atoms with van der Waals surface area (Å²) in [5.74, 6) is 0. The third-order valence-corrected chi connectivity index (χ3v) is 2.83. The molecule has 1 rings (SSSR count). The number of halogens is 1. The van der Waals surface area contributed by atoms with E-state index in [0.29, 0.717) is 6.54 Å². The Morgan fingerprint density at radius 1 is 1.38 bits per heavy atom. The van der Waals surface area contributed by atoms with Crippen LogP contribution in [0.4, 0.5) is 4.39 Å². The normalized spacial score (nSPS) is 36.9. The van der Waals surface area contributed by atoms with Crippen LogP contribution in [0.15, 0.2) is 0 Å². The number of hydrogen-bond donors (Lipinski definition) is 0. The second-order valence-electron chi connectivity index (χ2n) is 4.78. The van der Waals surface area contributed by atoms with Crippen molar-refractivity contribution in [2.75, 3.05) is 13.7 Å². The van der Waals surface area contributed by atoms with Gasteiger partial charge in [-0.05, 0) is 27.7 Å². The van der Waals surface area contributed by atoms with Gasteiger partial charge < -0.3 is 4.74 Å². The van der Waals surface area contributed by atoms with Gasteiger partial charge in [0, 0.05) is 25.2 Å². The molecule has 0 aliphatic carbocycles. The van der Waals surface area contributed by atoms with Crippen LogP contribution in [0.3, 0.4) is 0 Å². The number of rotatable bonds is 1. The molecule has 0 aromatic heterocycles. The highest BCUT2D eigenvalue weighted by atomic mass is 19.1. The molecule has 3 atom stereocenters. The van der Waals surface area contributed by atoms with E-state index in [1.54, 1.807) is 7.11 Å². The van der Waals surface area contributed by atoms with Crippen LogP contribution < -0.4 is 0 Å². The van der Waals surface area contributed by atoms with Crippen LogP contribution in [0, 0.1) is 0 Å². The highest BCUT2D eigenvalue weighted by molar-refractivity contribution is 4.97. The molecule has 13 heavy (non-hydrogen) atoms. The Bertz CT molecular complexity index is 178. The molecule has 0 bridgehead atoms. The standard InChI is InChI=1S/C10H20FNO/c1-7-9(13-5)8(11)6-12(7)10(2,3)4/h7-9H,6H2,1-5H3/t7-,8-,9-/m1/s1. The molecule has 0 saturated carbocycles. The fourth-order valence-electron chi connectivity index (χ4n) is 2.17. The van der Waals surface area contributed by atoms with Crippen molar-refractivity contribution in [1.29, 1.82) is 0 Å². The van der Waals surface area contributed by atoms with Crippen molar-refractivity contribution >= 4 is 0 Å². The van der Waals surface area contributed by atoms with Gasteiger partial charge in [0.05, 0.1) is 0 Å². The summed E-state index contributed by atoms with van der Waals surface area (Å²) in [5, 5.41) is 0. The van der Waals surface area contributed by atoms with Gasteiger partial charge in [0.15, 0.2) is 0 Å². The van der Waals surface area contributed by atoms with Gasteiger partial charge in [0.25, 0.3) is 0 Å². The van der Waals surface area contributed by atoms with Gasteiger partial charge >= 0.3 is 0 Å². The van der Waals surface area contributed by atoms with Crippen molar-refractivity contribution < 1.29 is 9.13 Å². The van der Waals surface area contributed by atoms with Crippen molar-refractivity contribution in [2.24, 2.45) is 0 Å². The number of methoxy groups -OCH3 is 1. The van der Waals surface area contributed by atoms with Gasteiger partial charge in [-0.15, -0.1) is 0 Å². The second-order valence-corrected chi connectivity index (χ2v) is 4.78. The average molecular weight is 189 g/mol. The number of hydrogen-bond acceptors (Lipinski definition) is 2. The minimum Gasteiger partial charge on any atom is -0.377 e. The van der Waals surface area contributed by atoms with E-state index >= 15 is 0 Å². The second kappa shape index (κ2) is 3.54. The van der Waals surface area contributed by atoms with E-state index in [4.69, 9.17) is 4.74 Å². The van der Waals surface area contributed by atoms with Gasteiger partial charge in [-0.1, -0.05) is 0 Å². The first-order valence-electron chi connectivity index (χ1n) is 4.81. The molecular formula is C10H20FNO. The molecule has 0 amide bonds. The third-order valence-electron chi connectivity index (χ3n) is 2.83. The van der Waals surface area contributed by atoms with Crippen molar-refractivity contribution in [3.63, 3.8) is 0 Å². The van der Waals surface area contributed by atoms with E-state index in [2.05, 4.69) is 25.7 Å². The highest BCUT2D eigenvalue weighted by Gasteiger charge is 2.43. The summed E-state index contributed by atoms with van der Waals surface area (Å²) in [5.41, 5.74) is 0.0248. The Morgan fingerprint density at radius 2 is 1.92 bits per heavy atom. The van der Waals surface area contributed by atoms with E-state index in [-0.39, 0.29) is 17.7 Å². The molecule has 1 fully saturated rings. The third kappa shape index (κ3) is 2.02. The molecule has 0 spiro atoms. The van der Waals surface area contributed by atoms with Gasteiger partial charge in [0.1, 0.15) is 12.3 Å². The smallest absolute Gasteiger partial charge is 0.140 e. The molecule has 0 N–H and O–H groups in total. The zero-order valence-electron chi connectivity index (χ0n) is 9.17. The van der Waals surface area contributed by atoms with Crippen LogP contribution in [0.5, 0.6) is 0 Å². The lowest BCUT2D eigenvalue weighted by Crippen LogP contribution is -2.45. The molecule has 2 nitrogen and oxygen atoms in total. The first-order valence-corrected chi connectivity index (χ1v) is 4.81. The monoisotopic (exact) mass is 189 g/mol. The fourth-order valence-corrected chi connectivity index (χ4v) is 2.17. The molecule has 3 heteroatoms. The molecule has 0 unspecified atom stereocenters. The van der Waals surface area contributed by atoms with E-state index < -0.39 is 6.17 Å². The number of likely N-dealkylation sites (tertiary alicyclic amines) is 1. The zero-order chi connectivity index (χ0) is 10.2. The number of ether oxygens (including phenoxy) is 1. The van der Waals surface area contributed by atoms with E-state index in [0.717, 1.165) is 0 Å². The largest absolute Gasteiger partial charge is 0.377 e. The molecule has 0 aromatic rings. The Hall–Kier alpha value is -0.150. The van der Waals surface area contributed by atoms with E-state index in [1.807, 2.05) is 6.92 Å². The first-order chi connectivity index (χ1) is 5.88. The fraction of sp³-hybridized carbons (Fsp3) is 1.00. The Morgan fingerprint density at radius 3 is 2.15 bits per heavy atom. The summed E-state index contributed by atoms with van der Waals surface area (Å²) in [6.45, 7) is 8.83. The molecule has 1 aliphatic heterocycles. The van der Waals surface area contributed by atoms with Gasteiger partial charge in [-0.2, -0.15) is 0 Å². The lowest BCUT2D eigenvalue weighted by molar-refractivity contribution is 0.0259. The predicted molar refractivity (Wildman–Crippen MR) is 51.6 cm³/mol. The quantitative estimate of drug-likeness (QED) is 0.624. The minimum absolute atomic E-state index is 0.0248. The van der Waals surface area contributed by atoms with Crippen LogP contribution in [-0.4, -0.2) is 42.4 Å². The summed E-state index contributed by atoms with van der Waals surface area (Å²) < 4.78 is 18.6. The average Bonchev–Trinajstić information content (AvgIpc) is 2.25. The summed E-state index contributed by atoms with van der Waals surface area (Å²) in [7, 11) is 1.58. The van der Waals surface area contributed by atoms with Crippen LogP contribution in [-0.2, 0) is 4.74 Å². The van der Waals surface area contributed by atoms with Gasteiger partial charge in [-0.3, -0.25) is 4.90 Å². The van der Waals surface area contributed by atoms with Crippen molar-refractivity contribution in [3.8, 4) is 0 Å². The summed E-state index contributed by atoms with van der Waals surface area (Å²) in [4.78, 5) is 2.16. The topological polar surface area (TPSA) is 12.5 Å². The summed E-state index contributed by atoms with van der Waals surface area (Å²) in [6, 6.07) is 0.167. The van der Waals surface area contributed by atoms with E-state index in [1.165, 1.54) is 0 Å². The molecule has 1 heterocycles. The van der Waals surface area contributed by atoms with Crippen molar-refractivity contribution in [3.05, 3.63) is 0 Å². The Balaban J connectivity index is 2.73. The summed E-state index contributed by atoms with van der Waals surface area (Å²) >= 11 is 0. The molecular weight excluding hydrogens is 169 g/mol. The lowest BCUT2D eigenvalue weighted by Gasteiger charge is -2.35. The van der Waals surface area contributed by atoms with Gasteiger partial charge in [-0.25, -0.2) is 4.39 Å². The number of nitrogens with zero attached hydrogens (tertiary/aromatic N) is 1. The molecule has 0 aromatic carbocycles. The molecule has 1 saturated heterocycles. The van der Waals surface area contributed by atoms with Crippen molar-refractivity contribution in [1.82, 2.24) is 4.90 Å². The highest BCUT2D eigenvalue weighted by Crippen LogP contribution is 2.29. The maximum atomic E-state index is 13.5. The molecule has 78 valence electrons. The van der Waals surface area contributed by atoms with Crippen LogP contribution in [0.1, 0.15) is 27.7 Å². The first kappa shape index (κ1) is 10.9. The van der Waals surface area contributed by atoms with Crippen molar-refractivity contribution in [2.45, 2.75) is 51.6 Å². The van der Waals surface area contributed by atoms with Crippen LogP contribution in [0.25, 0.3) is 0 Å².